The third kappa shape index (κ3) is 7.36. The van der Waals surface area contributed by atoms with Gasteiger partial charge in [-0.1, -0.05) is 26.2 Å². The zero-order valence-electron chi connectivity index (χ0n) is 10.8. The van der Waals surface area contributed by atoms with Crippen LogP contribution in [0, 0.1) is 5.41 Å². The second-order valence-electron chi connectivity index (χ2n) is 4.81. The molecule has 0 rings (SSSR count). The SMILES string of the molecule is C=CN(COCC[Si](C)(C)C)/C(C)=N/C=N. The number of hydrogen-bond donors (Lipinski definition) is 1. The number of nitrogens with one attached hydrogen (secondary N) is 1. The summed E-state index contributed by atoms with van der Waals surface area (Å²) in [7, 11) is -1.02. The fourth-order valence-corrected chi connectivity index (χ4v) is 1.74. The maximum atomic E-state index is 6.89. The van der Waals surface area contributed by atoms with Gasteiger partial charge in [0.05, 0.1) is 0 Å². The van der Waals surface area contributed by atoms with Gasteiger partial charge in [0.2, 0.25) is 0 Å². The van der Waals surface area contributed by atoms with E-state index in [0.29, 0.717) is 6.73 Å². The molecular weight excluding hydrogens is 218 g/mol. The van der Waals surface area contributed by atoms with Gasteiger partial charge in [0, 0.05) is 20.9 Å². The second-order valence-corrected chi connectivity index (χ2v) is 10.4. The highest BCUT2D eigenvalue weighted by Crippen LogP contribution is 2.07. The number of rotatable bonds is 7. The minimum absolute atomic E-state index is 0.456. The predicted octanol–water partition coefficient (Wildman–Crippen LogP) is 2.77. The fourth-order valence-electron chi connectivity index (χ4n) is 0.987. The van der Waals surface area contributed by atoms with Gasteiger partial charge < -0.3 is 9.64 Å². The zero-order chi connectivity index (χ0) is 12.6. The molecule has 0 aliphatic heterocycles. The smallest absolute Gasteiger partial charge is 0.123 e. The summed E-state index contributed by atoms with van der Waals surface area (Å²) >= 11 is 0. The monoisotopic (exact) mass is 241 g/mol. The van der Waals surface area contributed by atoms with Crippen molar-refractivity contribution in [3.8, 4) is 0 Å². The van der Waals surface area contributed by atoms with Crippen molar-refractivity contribution >= 4 is 20.2 Å². The molecule has 0 aromatic heterocycles. The Bertz CT molecular complexity index is 258. The Kier molecular flexibility index (Phi) is 6.92. The minimum Gasteiger partial charge on any atom is -0.361 e. The van der Waals surface area contributed by atoms with Crippen molar-refractivity contribution in [3.05, 3.63) is 12.8 Å². The molecule has 0 saturated heterocycles. The summed E-state index contributed by atoms with van der Waals surface area (Å²) < 4.78 is 5.56. The van der Waals surface area contributed by atoms with Crippen LogP contribution in [0.5, 0.6) is 0 Å². The molecule has 0 aliphatic carbocycles. The van der Waals surface area contributed by atoms with Crippen molar-refractivity contribution in [1.82, 2.24) is 4.90 Å². The second kappa shape index (κ2) is 7.35. The molecule has 0 aromatic carbocycles. The molecule has 0 heterocycles. The third-order valence-electron chi connectivity index (χ3n) is 2.11. The quantitative estimate of drug-likeness (QED) is 0.245. The van der Waals surface area contributed by atoms with E-state index in [1.165, 1.54) is 0 Å². The Labute approximate surface area is 99.5 Å². The van der Waals surface area contributed by atoms with Crippen LogP contribution in [-0.4, -0.2) is 38.5 Å². The predicted molar refractivity (Wildman–Crippen MR) is 72.9 cm³/mol. The summed E-state index contributed by atoms with van der Waals surface area (Å²) in [5, 5.41) is 6.89. The van der Waals surface area contributed by atoms with Gasteiger partial charge in [-0.15, -0.1) is 0 Å². The van der Waals surface area contributed by atoms with Gasteiger partial charge in [0.25, 0.3) is 0 Å². The Morgan fingerprint density at radius 1 is 1.50 bits per heavy atom. The number of aliphatic imine (C=N–C) groups is 1. The molecule has 0 atom stereocenters. The van der Waals surface area contributed by atoms with Crippen molar-refractivity contribution in [3.63, 3.8) is 0 Å². The Hall–Kier alpha value is -0.943. The van der Waals surface area contributed by atoms with E-state index in [4.69, 9.17) is 10.1 Å². The lowest BCUT2D eigenvalue weighted by Gasteiger charge is -2.20. The molecule has 0 radical (unpaired) electrons. The van der Waals surface area contributed by atoms with Crippen molar-refractivity contribution in [2.24, 2.45) is 4.99 Å². The lowest BCUT2D eigenvalue weighted by atomic mass is 10.6. The first kappa shape index (κ1) is 15.1. The molecule has 0 aromatic rings. The number of hydrogen-bond acceptors (Lipinski definition) is 2. The number of ether oxygens (including phenoxy) is 1. The first-order valence-corrected chi connectivity index (χ1v) is 9.11. The van der Waals surface area contributed by atoms with Gasteiger partial charge in [-0.05, 0) is 13.0 Å². The van der Waals surface area contributed by atoms with Gasteiger partial charge in [-0.25, -0.2) is 4.99 Å². The summed E-state index contributed by atoms with van der Waals surface area (Å²) in [6.45, 7) is 13.7. The van der Waals surface area contributed by atoms with Crippen LogP contribution in [0.1, 0.15) is 6.92 Å². The highest BCUT2D eigenvalue weighted by molar-refractivity contribution is 6.76. The van der Waals surface area contributed by atoms with Crippen LogP contribution in [0.25, 0.3) is 0 Å². The van der Waals surface area contributed by atoms with Gasteiger partial charge in [-0.2, -0.15) is 0 Å². The van der Waals surface area contributed by atoms with Crippen molar-refractivity contribution in [2.75, 3.05) is 13.3 Å². The lowest BCUT2D eigenvalue weighted by molar-refractivity contribution is 0.0934. The largest absolute Gasteiger partial charge is 0.361 e. The maximum Gasteiger partial charge on any atom is 0.123 e. The number of amidine groups is 1. The Balaban J connectivity index is 3.93. The summed E-state index contributed by atoms with van der Waals surface area (Å²) in [5.41, 5.74) is 0. The minimum atomic E-state index is -1.02. The van der Waals surface area contributed by atoms with E-state index in [0.717, 1.165) is 24.8 Å². The van der Waals surface area contributed by atoms with Crippen LogP contribution >= 0.6 is 0 Å². The standard InChI is InChI=1S/C11H23N3OSi/c1-6-14(11(2)13-9-12)10-15-7-8-16(3,4)5/h6,9,12H,1,7-8,10H2,2-5H3/b12-9?,13-11+. The first-order valence-electron chi connectivity index (χ1n) is 5.41. The highest BCUT2D eigenvalue weighted by Gasteiger charge is 2.12. The molecule has 0 fully saturated rings. The summed E-state index contributed by atoms with van der Waals surface area (Å²) in [4.78, 5) is 5.65. The molecule has 0 unspecified atom stereocenters. The summed E-state index contributed by atoms with van der Waals surface area (Å²) in [6.07, 6.45) is 2.69. The van der Waals surface area contributed by atoms with E-state index in [9.17, 15) is 0 Å². The molecule has 0 spiro atoms. The van der Waals surface area contributed by atoms with Crippen LogP contribution in [0.2, 0.25) is 25.7 Å². The molecule has 4 nitrogen and oxygen atoms in total. The molecule has 16 heavy (non-hydrogen) atoms. The van der Waals surface area contributed by atoms with E-state index in [2.05, 4.69) is 31.2 Å². The Morgan fingerprint density at radius 3 is 2.56 bits per heavy atom. The average Bonchev–Trinajstić information content (AvgIpc) is 2.16. The third-order valence-corrected chi connectivity index (χ3v) is 3.82. The van der Waals surface area contributed by atoms with E-state index < -0.39 is 8.07 Å². The highest BCUT2D eigenvalue weighted by atomic mass is 28.3. The lowest BCUT2D eigenvalue weighted by Crippen LogP contribution is -2.28. The first-order chi connectivity index (χ1) is 7.40. The van der Waals surface area contributed by atoms with Gasteiger partial charge in [0.15, 0.2) is 0 Å². The molecule has 92 valence electrons. The molecule has 5 heteroatoms. The van der Waals surface area contributed by atoms with Crippen molar-refractivity contribution in [2.45, 2.75) is 32.6 Å². The van der Waals surface area contributed by atoms with Crippen LogP contribution in [0.4, 0.5) is 0 Å². The van der Waals surface area contributed by atoms with Gasteiger partial charge in [-0.3, -0.25) is 5.41 Å². The van der Waals surface area contributed by atoms with Crippen molar-refractivity contribution < 1.29 is 4.74 Å². The van der Waals surface area contributed by atoms with Crippen LogP contribution in [0.3, 0.4) is 0 Å². The fraction of sp³-hybridized carbons (Fsp3) is 0.636. The van der Waals surface area contributed by atoms with Gasteiger partial charge in [0.1, 0.15) is 18.9 Å². The molecule has 0 aliphatic rings. The zero-order valence-corrected chi connectivity index (χ0v) is 11.8. The maximum absolute atomic E-state index is 6.89. The van der Waals surface area contributed by atoms with Crippen molar-refractivity contribution in [1.29, 1.82) is 5.41 Å². The van der Waals surface area contributed by atoms with Crippen LogP contribution in [0.15, 0.2) is 17.8 Å². The Morgan fingerprint density at radius 2 is 2.12 bits per heavy atom. The van der Waals surface area contributed by atoms with E-state index in [1.807, 2.05) is 6.92 Å². The van der Waals surface area contributed by atoms with E-state index >= 15 is 0 Å². The molecule has 0 saturated carbocycles. The van der Waals surface area contributed by atoms with Crippen LogP contribution in [-0.2, 0) is 4.74 Å². The molecular formula is C11H23N3OSi. The normalized spacial score (nSPS) is 12.4. The molecule has 0 bridgehead atoms. The molecule has 1 N–H and O–H groups in total. The number of nitrogens with zero attached hydrogens (tertiary/aromatic N) is 2. The van der Waals surface area contributed by atoms with E-state index in [-0.39, 0.29) is 0 Å². The van der Waals surface area contributed by atoms with Crippen LogP contribution < -0.4 is 0 Å². The van der Waals surface area contributed by atoms with Gasteiger partial charge >= 0.3 is 0 Å². The summed E-state index contributed by atoms with van der Waals surface area (Å²) in [5.74, 6) is 0.720. The summed E-state index contributed by atoms with van der Waals surface area (Å²) in [6, 6.07) is 1.15. The average molecular weight is 241 g/mol. The topological polar surface area (TPSA) is 48.7 Å². The van der Waals surface area contributed by atoms with E-state index in [1.54, 1.807) is 11.1 Å². The molecule has 0 amide bonds.